The Balaban J connectivity index is 3.10. The molecule has 0 heterocycles. The Bertz CT molecular complexity index is 476. The highest BCUT2D eigenvalue weighted by Crippen LogP contribution is 2.37. The van der Waals surface area contributed by atoms with Crippen LogP contribution in [0, 0.1) is 10.1 Å². The summed E-state index contributed by atoms with van der Waals surface area (Å²) in [6.45, 7) is 0.245. The van der Waals surface area contributed by atoms with E-state index in [1.165, 1.54) is 26.5 Å². The maximum absolute atomic E-state index is 11.0. The molecule has 104 valence electrons. The van der Waals surface area contributed by atoms with E-state index in [9.17, 15) is 10.1 Å². The van der Waals surface area contributed by atoms with Gasteiger partial charge in [0.1, 0.15) is 0 Å². The second-order valence-corrected chi connectivity index (χ2v) is 3.42. The first kappa shape index (κ1) is 14.7. The van der Waals surface area contributed by atoms with Gasteiger partial charge in [0.2, 0.25) is 5.75 Å². The average Bonchev–Trinajstić information content (AvgIpc) is 2.42. The first-order chi connectivity index (χ1) is 9.13. The molecule has 0 spiro atoms. The summed E-state index contributed by atoms with van der Waals surface area (Å²) in [6, 6.07) is 2.89. The fourth-order valence-electron chi connectivity index (χ4n) is 1.41. The molecule has 0 fully saturated rings. The van der Waals surface area contributed by atoms with Crippen molar-refractivity contribution in [1.29, 1.82) is 0 Å². The molecule has 1 aromatic carbocycles. The van der Waals surface area contributed by atoms with Crippen molar-refractivity contribution in [1.82, 2.24) is 5.43 Å². The quantitative estimate of drug-likeness (QED) is 0.323. The third-order valence-corrected chi connectivity index (χ3v) is 2.21. The number of methoxy groups -OCH3 is 2. The fraction of sp³-hybridized carbons (Fsp3) is 0.364. The molecular formula is C11H15N3O5. The van der Waals surface area contributed by atoms with Crippen LogP contribution in [-0.4, -0.2) is 43.6 Å². The molecule has 0 bridgehead atoms. The maximum Gasteiger partial charge on any atom is 0.315 e. The van der Waals surface area contributed by atoms with Crippen molar-refractivity contribution >= 4 is 11.9 Å². The van der Waals surface area contributed by atoms with Crippen LogP contribution in [0.2, 0.25) is 0 Å². The standard InChI is InChI=1S/C11H15N3O5/c1-18-10-6-8(7-13-12-3-4-15)5-9(14(16)17)11(10)19-2/h5-7,12,15H,3-4H2,1-2H3. The van der Waals surface area contributed by atoms with Crippen LogP contribution < -0.4 is 14.9 Å². The van der Waals surface area contributed by atoms with Crippen LogP contribution in [0.15, 0.2) is 17.2 Å². The number of aliphatic hydroxyl groups excluding tert-OH is 1. The van der Waals surface area contributed by atoms with Gasteiger partial charge < -0.3 is 20.0 Å². The van der Waals surface area contributed by atoms with Crippen molar-refractivity contribution in [2.75, 3.05) is 27.4 Å². The van der Waals surface area contributed by atoms with Gasteiger partial charge in [0.05, 0.1) is 38.5 Å². The Kier molecular flexibility index (Phi) is 5.55. The number of hydrazone groups is 1. The van der Waals surface area contributed by atoms with Gasteiger partial charge in [0.25, 0.3) is 0 Å². The topological polar surface area (TPSA) is 106 Å². The molecule has 0 unspecified atom stereocenters. The average molecular weight is 269 g/mol. The zero-order valence-corrected chi connectivity index (χ0v) is 10.6. The van der Waals surface area contributed by atoms with Gasteiger partial charge in [-0.2, -0.15) is 5.10 Å². The van der Waals surface area contributed by atoms with Gasteiger partial charge in [0, 0.05) is 11.6 Å². The normalized spacial score (nSPS) is 10.5. The van der Waals surface area contributed by atoms with Gasteiger partial charge in [-0.15, -0.1) is 0 Å². The van der Waals surface area contributed by atoms with E-state index in [0.717, 1.165) is 0 Å². The molecule has 19 heavy (non-hydrogen) atoms. The number of nitro groups is 1. The minimum Gasteiger partial charge on any atom is -0.493 e. The van der Waals surface area contributed by atoms with Gasteiger partial charge in [0.15, 0.2) is 5.75 Å². The highest BCUT2D eigenvalue weighted by Gasteiger charge is 2.20. The van der Waals surface area contributed by atoms with Crippen LogP contribution in [0.25, 0.3) is 0 Å². The summed E-state index contributed by atoms with van der Waals surface area (Å²) >= 11 is 0. The van der Waals surface area contributed by atoms with Crippen LogP contribution in [0.4, 0.5) is 5.69 Å². The number of nitrogens with one attached hydrogen (secondary N) is 1. The van der Waals surface area contributed by atoms with Crippen LogP contribution in [0.5, 0.6) is 11.5 Å². The highest BCUT2D eigenvalue weighted by atomic mass is 16.6. The molecule has 1 aromatic rings. The van der Waals surface area contributed by atoms with Gasteiger partial charge in [-0.1, -0.05) is 0 Å². The van der Waals surface area contributed by atoms with Gasteiger partial charge in [-0.25, -0.2) is 0 Å². The number of hydrogen-bond donors (Lipinski definition) is 2. The predicted octanol–water partition coefficient (Wildman–Crippen LogP) is 0.528. The smallest absolute Gasteiger partial charge is 0.315 e. The lowest BCUT2D eigenvalue weighted by Gasteiger charge is -2.08. The molecule has 0 amide bonds. The third kappa shape index (κ3) is 3.81. The number of nitro benzene ring substituents is 1. The maximum atomic E-state index is 11.0. The Morgan fingerprint density at radius 2 is 2.21 bits per heavy atom. The van der Waals surface area contributed by atoms with Gasteiger partial charge in [-0.05, 0) is 6.07 Å². The molecule has 0 saturated heterocycles. The molecule has 1 rings (SSSR count). The second kappa shape index (κ2) is 7.17. The lowest BCUT2D eigenvalue weighted by atomic mass is 10.2. The zero-order chi connectivity index (χ0) is 14.3. The van der Waals surface area contributed by atoms with Crippen LogP contribution >= 0.6 is 0 Å². The fourth-order valence-corrected chi connectivity index (χ4v) is 1.41. The van der Waals surface area contributed by atoms with Crippen molar-refractivity contribution in [3.8, 4) is 11.5 Å². The molecule has 0 aliphatic rings. The van der Waals surface area contributed by atoms with Crippen molar-refractivity contribution < 1.29 is 19.5 Å². The first-order valence-electron chi connectivity index (χ1n) is 5.41. The third-order valence-electron chi connectivity index (χ3n) is 2.21. The molecular weight excluding hydrogens is 254 g/mol. The molecule has 0 aliphatic heterocycles. The monoisotopic (exact) mass is 269 g/mol. The summed E-state index contributed by atoms with van der Waals surface area (Å²) in [7, 11) is 2.73. The molecule has 0 aliphatic carbocycles. The van der Waals surface area contributed by atoms with E-state index in [0.29, 0.717) is 12.1 Å². The Labute approximate surface area is 109 Å². The van der Waals surface area contributed by atoms with Gasteiger partial charge in [-0.3, -0.25) is 10.1 Å². The van der Waals surface area contributed by atoms with E-state index in [1.54, 1.807) is 6.07 Å². The molecule has 0 atom stereocenters. The summed E-state index contributed by atoms with van der Waals surface area (Å²) in [5.41, 5.74) is 2.85. The van der Waals surface area contributed by atoms with Crippen molar-refractivity contribution in [3.63, 3.8) is 0 Å². The molecule has 8 nitrogen and oxygen atoms in total. The van der Waals surface area contributed by atoms with Crippen LogP contribution in [0.3, 0.4) is 0 Å². The minimum absolute atomic E-state index is 0.0522. The number of hydrogen-bond acceptors (Lipinski definition) is 7. The van der Waals surface area contributed by atoms with E-state index in [4.69, 9.17) is 14.6 Å². The van der Waals surface area contributed by atoms with Gasteiger partial charge >= 0.3 is 5.69 Å². The molecule has 0 saturated carbocycles. The number of benzene rings is 1. The lowest BCUT2D eigenvalue weighted by molar-refractivity contribution is -0.385. The van der Waals surface area contributed by atoms with Crippen LogP contribution in [-0.2, 0) is 0 Å². The summed E-state index contributed by atoms with van der Waals surface area (Å²) in [5, 5.41) is 23.3. The van der Waals surface area contributed by atoms with Crippen LogP contribution in [0.1, 0.15) is 5.56 Å². The highest BCUT2D eigenvalue weighted by molar-refractivity contribution is 5.83. The second-order valence-electron chi connectivity index (χ2n) is 3.42. The molecule has 8 heteroatoms. The van der Waals surface area contributed by atoms with E-state index in [-0.39, 0.29) is 23.8 Å². The Morgan fingerprint density at radius 3 is 2.74 bits per heavy atom. The number of ether oxygens (including phenoxy) is 2. The van der Waals surface area contributed by atoms with Crippen molar-refractivity contribution in [2.45, 2.75) is 0 Å². The number of aliphatic hydroxyl groups is 1. The van der Waals surface area contributed by atoms with E-state index in [2.05, 4.69) is 10.5 Å². The summed E-state index contributed by atoms with van der Waals surface area (Å²) in [4.78, 5) is 10.4. The first-order valence-corrected chi connectivity index (χ1v) is 5.41. The van der Waals surface area contributed by atoms with E-state index >= 15 is 0 Å². The molecule has 0 radical (unpaired) electrons. The summed E-state index contributed by atoms with van der Waals surface area (Å²) < 4.78 is 10.0. The molecule has 2 N–H and O–H groups in total. The van der Waals surface area contributed by atoms with Crippen molar-refractivity contribution in [3.05, 3.63) is 27.8 Å². The Hall–Kier alpha value is -2.35. The van der Waals surface area contributed by atoms with Crippen molar-refractivity contribution in [2.24, 2.45) is 5.10 Å². The predicted molar refractivity (Wildman–Crippen MR) is 68.9 cm³/mol. The minimum atomic E-state index is -0.556. The summed E-state index contributed by atoms with van der Waals surface area (Å²) in [5.74, 6) is 0.313. The Morgan fingerprint density at radius 1 is 1.47 bits per heavy atom. The SMILES string of the molecule is COc1cc(C=NNCCO)cc([N+](=O)[O-])c1OC. The van der Waals surface area contributed by atoms with E-state index in [1.807, 2.05) is 0 Å². The largest absolute Gasteiger partial charge is 0.493 e. The molecule has 0 aromatic heterocycles. The number of rotatable bonds is 7. The lowest BCUT2D eigenvalue weighted by Crippen LogP contribution is -2.11. The van der Waals surface area contributed by atoms with E-state index < -0.39 is 4.92 Å². The summed E-state index contributed by atoms with van der Waals surface area (Å²) in [6.07, 6.45) is 1.39. The number of nitrogens with zero attached hydrogens (tertiary/aromatic N) is 2. The zero-order valence-electron chi connectivity index (χ0n) is 10.6.